The second kappa shape index (κ2) is 5.32. The molecule has 17 heavy (non-hydrogen) atoms. The molecule has 0 spiro atoms. The van der Waals surface area contributed by atoms with Crippen molar-refractivity contribution in [3.63, 3.8) is 0 Å². The summed E-state index contributed by atoms with van der Waals surface area (Å²) in [6.45, 7) is 0.0814. The van der Waals surface area contributed by atoms with Crippen LogP contribution in [0.2, 0.25) is 0 Å². The van der Waals surface area contributed by atoms with Gasteiger partial charge in [-0.3, -0.25) is 0 Å². The Morgan fingerprint density at radius 2 is 2.00 bits per heavy atom. The van der Waals surface area contributed by atoms with Crippen LogP contribution < -0.4 is 10.5 Å². The lowest BCUT2D eigenvalue weighted by atomic mass is 10.1. The van der Waals surface area contributed by atoms with Crippen LogP contribution in [0.1, 0.15) is 5.56 Å². The number of benzene rings is 1. The van der Waals surface area contributed by atoms with E-state index in [1.165, 1.54) is 0 Å². The van der Waals surface area contributed by atoms with Crippen LogP contribution >= 0.6 is 0 Å². The maximum absolute atomic E-state index is 8.97. The molecule has 3 N–H and O–H groups in total. The summed E-state index contributed by atoms with van der Waals surface area (Å²) < 4.78 is 5.65. The van der Waals surface area contributed by atoms with Crippen molar-refractivity contribution < 1.29 is 9.84 Å². The summed E-state index contributed by atoms with van der Waals surface area (Å²) in [5.41, 5.74) is 7.18. The minimum atomic E-state index is 0.0814. The maximum Gasteiger partial charge on any atom is 0.242 e. The number of rotatable bonds is 4. The maximum atomic E-state index is 8.97. The standard InChI is InChI=1S/C13H14N2O2/c14-11-5-3-8-15-13(11)17-12-6-2-1-4-10(12)7-9-16/h1-6,8,16H,7,9,14H2. The highest BCUT2D eigenvalue weighted by molar-refractivity contribution is 5.49. The van der Waals surface area contributed by atoms with Crippen molar-refractivity contribution >= 4 is 5.69 Å². The van der Waals surface area contributed by atoms with E-state index in [1.807, 2.05) is 24.3 Å². The molecule has 0 aliphatic heterocycles. The summed E-state index contributed by atoms with van der Waals surface area (Å²) >= 11 is 0. The normalized spacial score (nSPS) is 10.2. The Balaban J connectivity index is 2.27. The van der Waals surface area contributed by atoms with Crippen LogP contribution in [0.15, 0.2) is 42.6 Å². The summed E-state index contributed by atoms with van der Waals surface area (Å²) in [5.74, 6) is 1.06. The molecule has 4 heteroatoms. The fourth-order valence-corrected chi connectivity index (χ4v) is 1.52. The highest BCUT2D eigenvalue weighted by atomic mass is 16.5. The van der Waals surface area contributed by atoms with E-state index in [0.29, 0.717) is 23.7 Å². The van der Waals surface area contributed by atoms with Crippen LogP contribution in [0, 0.1) is 0 Å². The molecule has 2 rings (SSSR count). The average Bonchev–Trinajstić information content (AvgIpc) is 2.35. The van der Waals surface area contributed by atoms with E-state index in [1.54, 1.807) is 18.3 Å². The summed E-state index contributed by atoms with van der Waals surface area (Å²) in [6, 6.07) is 11.0. The first kappa shape index (κ1) is 11.4. The van der Waals surface area contributed by atoms with E-state index >= 15 is 0 Å². The van der Waals surface area contributed by atoms with Gasteiger partial charge in [-0.1, -0.05) is 18.2 Å². The van der Waals surface area contributed by atoms with Crippen LogP contribution in [0.3, 0.4) is 0 Å². The van der Waals surface area contributed by atoms with Crippen molar-refractivity contribution in [3.8, 4) is 11.6 Å². The van der Waals surface area contributed by atoms with Gasteiger partial charge in [0.25, 0.3) is 0 Å². The van der Waals surface area contributed by atoms with Crippen molar-refractivity contribution in [2.45, 2.75) is 6.42 Å². The van der Waals surface area contributed by atoms with Gasteiger partial charge in [0.05, 0.1) is 5.69 Å². The molecular weight excluding hydrogens is 216 g/mol. The van der Waals surface area contributed by atoms with E-state index in [-0.39, 0.29) is 6.61 Å². The lowest BCUT2D eigenvalue weighted by molar-refractivity contribution is 0.297. The second-order valence-corrected chi connectivity index (χ2v) is 3.58. The van der Waals surface area contributed by atoms with Crippen LogP contribution in [-0.4, -0.2) is 16.7 Å². The fourth-order valence-electron chi connectivity index (χ4n) is 1.52. The first-order valence-corrected chi connectivity index (χ1v) is 5.38. The van der Waals surface area contributed by atoms with Gasteiger partial charge in [-0.05, 0) is 30.2 Å². The topological polar surface area (TPSA) is 68.4 Å². The number of hydrogen-bond acceptors (Lipinski definition) is 4. The van der Waals surface area contributed by atoms with Crippen molar-refractivity contribution in [2.24, 2.45) is 0 Å². The molecule has 1 aromatic carbocycles. The second-order valence-electron chi connectivity index (χ2n) is 3.58. The molecule has 0 fully saturated rings. The van der Waals surface area contributed by atoms with E-state index < -0.39 is 0 Å². The van der Waals surface area contributed by atoms with E-state index in [0.717, 1.165) is 5.56 Å². The molecule has 1 heterocycles. The number of aliphatic hydroxyl groups excluding tert-OH is 1. The number of nitrogen functional groups attached to an aromatic ring is 1. The molecule has 0 aliphatic rings. The summed E-state index contributed by atoms with van der Waals surface area (Å²) in [6.07, 6.45) is 2.17. The number of ether oxygens (including phenoxy) is 1. The number of hydrogen-bond donors (Lipinski definition) is 2. The number of para-hydroxylation sites is 1. The third kappa shape index (κ3) is 2.73. The Hall–Kier alpha value is -2.07. The number of aromatic nitrogens is 1. The SMILES string of the molecule is Nc1cccnc1Oc1ccccc1CCO. The molecule has 0 bridgehead atoms. The zero-order valence-electron chi connectivity index (χ0n) is 9.34. The van der Waals surface area contributed by atoms with Crippen molar-refractivity contribution in [1.29, 1.82) is 0 Å². The third-order valence-corrected chi connectivity index (χ3v) is 2.36. The fraction of sp³-hybridized carbons (Fsp3) is 0.154. The van der Waals surface area contributed by atoms with Gasteiger partial charge in [-0.15, -0.1) is 0 Å². The highest BCUT2D eigenvalue weighted by Crippen LogP contribution is 2.27. The Morgan fingerprint density at radius 3 is 2.76 bits per heavy atom. The van der Waals surface area contributed by atoms with E-state index in [9.17, 15) is 0 Å². The van der Waals surface area contributed by atoms with Gasteiger partial charge in [0.15, 0.2) is 0 Å². The molecule has 88 valence electrons. The first-order valence-electron chi connectivity index (χ1n) is 5.38. The number of nitrogens with zero attached hydrogens (tertiary/aromatic N) is 1. The van der Waals surface area contributed by atoms with Gasteiger partial charge in [0, 0.05) is 12.8 Å². The first-order chi connectivity index (χ1) is 8.31. The smallest absolute Gasteiger partial charge is 0.242 e. The van der Waals surface area contributed by atoms with Gasteiger partial charge in [0.2, 0.25) is 5.88 Å². The molecule has 0 saturated carbocycles. The Kier molecular flexibility index (Phi) is 3.57. The number of nitrogens with two attached hydrogens (primary N) is 1. The molecular formula is C13H14N2O2. The van der Waals surface area contributed by atoms with Crippen LogP contribution in [-0.2, 0) is 6.42 Å². The summed E-state index contributed by atoms with van der Waals surface area (Å²) in [7, 11) is 0. The van der Waals surface area contributed by atoms with Crippen LogP contribution in [0.4, 0.5) is 5.69 Å². The largest absolute Gasteiger partial charge is 0.437 e. The zero-order valence-corrected chi connectivity index (χ0v) is 9.34. The minimum Gasteiger partial charge on any atom is -0.437 e. The monoisotopic (exact) mass is 230 g/mol. The van der Waals surface area contributed by atoms with Crippen molar-refractivity contribution in [1.82, 2.24) is 4.98 Å². The molecule has 0 saturated heterocycles. The van der Waals surface area contributed by atoms with E-state index in [4.69, 9.17) is 15.6 Å². The third-order valence-electron chi connectivity index (χ3n) is 2.36. The van der Waals surface area contributed by atoms with Gasteiger partial charge < -0.3 is 15.6 Å². The molecule has 1 aromatic heterocycles. The van der Waals surface area contributed by atoms with Crippen LogP contribution in [0.5, 0.6) is 11.6 Å². The van der Waals surface area contributed by atoms with Crippen molar-refractivity contribution in [2.75, 3.05) is 12.3 Å². The van der Waals surface area contributed by atoms with E-state index in [2.05, 4.69) is 4.98 Å². The summed E-state index contributed by atoms with van der Waals surface area (Å²) in [4.78, 5) is 4.07. The van der Waals surface area contributed by atoms with Crippen molar-refractivity contribution in [3.05, 3.63) is 48.2 Å². The predicted molar refractivity (Wildman–Crippen MR) is 66.0 cm³/mol. The Bertz CT molecular complexity index is 500. The molecule has 4 nitrogen and oxygen atoms in total. The molecule has 0 radical (unpaired) electrons. The zero-order chi connectivity index (χ0) is 12.1. The predicted octanol–water partition coefficient (Wildman–Crippen LogP) is 1.99. The Labute approximate surface area is 99.7 Å². The molecule has 0 amide bonds. The quantitative estimate of drug-likeness (QED) is 0.842. The summed E-state index contributed by atoms with van der Waals surface area (Å²) in [5, 5.41) is 8.97. The minimum absolute atomic E-state index is 0.0814. The van der Waals surface area contributed by atoms with Gasteiger partial charge in [-0.25, -0.2) is 4.98 Å². The van der Waals surface area contributed by atoms with Crippen LogP contribution in [0.25, 0.3) is 0 Å². The Morgan fingerprint density at radius 1 is 1.18 bits per heavy atom. The number of pyridine rings is 1. The molecule has 0 atom stereocenters. The molecule has 0 aliphatic carbocycles. The molecule has 0 unspecified atom stereocenters. The average molecular weight is 230 g/mol. The van der Waals surface area contributed by atoms with Gasteiger partial charge >= 0.3 is 0 Å². The van der Waals surface area contributed by atoms with Gasteiger partial charge in [0.1, 0.15) is 5.75 Å². The van der Waals surface area contributed by atoms with Gasteiger partial charge in [-0.2, -0.15) is 0 Å². The number of anilines is 1. The lowest BCUT2D eigenvalue weighted by Gasteiger charge is -2.10. The molecule has 2 aromatic rings. The lowest BCUT2D eigenvalue weighted by Crippen LogP contribution is -1.98. The highest BCUT2D eigenvalue weighted by Gasteiger charge is 2.06. The number of aliphatic hydroxyl groups is 1.